The summed E-state index contributed by atoms with van der Waals surface area (Å²) in [7, 11) is 0. The second-order valence-electron chi connectivity index (χ2n) is 4.12. The van der Waals surface area contributed by atoms with E-state index in [1.165, 1.54) is 12.1 Å². The molecule has 0 atom stereocenters. The highest BCUT2D eigenvalue weighted by molar-refractivity contribution is 9.10. The van der Waals surface area contributed by atoms with Gasteiger partial charge in [-0.2, -0.15) is 0 Å². The van der Waals surface area contributed by atoms with Gasteiger partial charge in [0.2, 0.25) is 0 Å². The fourth-order valence-corrected chi connectivity index (χ4v) is 2.47. The Hall–Kier alpha value is -1.63. The van der Waals surface area contributed by atoms with Crippen LogP contribution in [0.2, 0.25) is 5.02 Å². The fourth-order valence-electron chi connectivity index (χ4n) is 1.72. The third-order valence-corrected chi connectivity index (χ3v) is 3.66. The highest BCUT2D eigenvalue weighted by atomic mass is 79.9. The SMILES string of the molecule is NNC(=O)c1ccccc1COc1cc(F)c(Cl)cc1Br. The van der Waals surface area contributed by atoms with E-state index >= 15 is 0 Å². The monoisotopic (exact) mass is 372 g/mol. The number of carbonyl (C=O) groups is 1. The molecule has 0 fully saturated rings. The van der Waals surface area contributed by atoms with E-state index in [1.54, 1.807) is 24.3 Å². The molecular formula is C14H11BrClFN2O2. The molecule has 2 aromatic rings. The minimum atomic E-state index is -0.581. The van der Waals surface area contributed by atoms with E-state index in [2.05, 4.69) is 21.4 Å². The van der Waals surface area contributed by atoms with Crippen molar-refractivity contribution in [2.24, 2.45) is 5.84 Å². The van der Waals surface area contributed by atoms with Crippen molar-refractivity contribution in [3.63, 3.8) is 0 Å². The average Bonchev–Trinajstić information content (AvgIpc) is 2.49. The summed E-state index contributed by atoms with van der Waals surface area (Å²) in [5.41, 5.74) is 3.09. The minimum Gasteiger partial charge on any atom is -0.488 e. The molecule has 21 heavy (non-hydrogen) atoms. The lowest BCUT2D eigenvalue weighted by molar-refractivity contribution is 0.0951. The number of amides is 1. The number of hydrazine groups is 1. The van der Waals surface area contributed by atoms with Crippen molar-refractivity contribution in [3.8, 4) is 5.75 Å². The maximum atomic E-state index is 13.4. The molecule has 1 amide bonds. The molecular weight excluding hydrogens is 363 g/mol. The summed E-state index contributed by atoms with van der Waals surface area (Å²) in [4.78, 5) is 11.6. The van der Waals surface area contributed by atoms with Gasteiger partial charge in [0.05, 0.1) is 9.50 Å². The predicted octanol–water partition coefficient (Wildman–Crippen LogP) is 3.42. The lowest BCUT2D eigenvalue weighted by Crippen LogP contribution is -2.30. The Kier molecular flexibility index (Phi) is 5.17. The topological polar surface area (TPSA) is 64.3 Å². The molecule has 0 aliphatic rings. The molecule has 0 saturated carbocycles. The number of benzene rings is 2. The van der Waals surface area contributed by atoms with E-state index in [9.17, 15) is 9.18 Å². The van der Waals surface area contributed by atoms with Gasteiger partial charge in [-0.05, 0) is 28.1 Å². The number of ether oxygens (including phenoxy) is 1. The van der Waals surface area contributed by atoms with E-state index < -0.39 is 11.7 Å². The minimum absolute atomic E-state index is 0.00265. The quantitative estimate of drug-likeness (QED) is 0.373. The van der Waals surface area contributed by atoms with Crippen LogP contribution in [-0.2, 0) is 6.61 Å². The zero-order valence-electron chi connectivity index (χ0n) is 10.7. The first-order valence-electron chi connectivity index (χ1n) is 5.89. The number of carbonyl (C=O) groups excluding carboxylic acids is 1. The molecule has 0 aliphatic heterocycles. The Bertz CT molecular complexity index is 682. The van der Waals surface area contributed by atoms with Crippen molar-refractivity contribution in [1.29, 1.82) is 0 Å². The lowest BCUT2D eigenvalue weighted by atomic mass is 10.1. The van der Waals surface area contributed by atoms with Crippen LogP contribution in [0.4, 0.5) is 4.39 Å². The Balaban J connectivity index is 2.21. The highest BCUT2D eigenvalue weighted by Crippen LogP contribution is 2.31. The van der Waals surface area contributed by atoms with Crippen LogP contribution in [0, 0.1) is 5.82 Å². The smallest absolute Gasteiger partial charge is 0.265 e. The van der Waals surface area contributed by atoms with Crippen molar-refractivity contribution in [2.75, 3.05) is 0 Å². The number of nitrogens with two attached hydrogens (primary N) is 1. The summed E-state index contributed by atoms with van der Waals surface area (Å²) in [6.07, 6.45) is 0. The van der Waals surface area contributed by atoms with E-state index in [0.717, 1.165) is 0 Å². The van der Waals surface area contributed by atoms with Crippen LogP contribution in [-0.4, -0.2) is 5.91 Å². The van der Waals surface area contributed by atoms with Gasteiger partial charge in [0.25, 0.3) is 5.91 Å². The third-order valence-electron chi connectivity index (χ3n) is 2.75. The second kappa shape index (κ2) is 6.89. The maximum Gasteiger partial charge on any atom is 0.265 e. The molecule has 2 rings (SSSR count). The van der Waals surface area contributed by atoms with Crippen molar-refractivity contribution < 1.29 is 13.9 Å². The molecule has 0 aromatic heterocycles. The first-order valence-corrected chi connectivity index (χ1v) is 7.06. The molecule has 4 nitrogen and oxygen atoms in total. The predicted molar refractivity (Wildman–Crippen MR) is 81.5 cm³/mol. The van der Waals surface area contributed by atoms with E-state index in [1.807, 2.05) is 0 Å². The summed E-state index contributed by atoms with van der Waals surface area (Å²) >= 11 is 8.90. The van der Waals surface area contributed by atoms with Gasteiger partial charge in [0.1, 0.15) is 18.2 Å². The molecule has 7 heteroatoms. The van der Waals surface area contributed by atoms with Gasteiger partial charge >= 0.3 is 0 Å². The second-order valence-corrected chi connectivity index (χ2v) is 5.38. The van der Waals surface area contributed by atoms with Crippen LogP contribution in [0.3, 0.4) is 0 Å². The number of nitrogen functional groups attached to an aromatic ring is 1. The maximum absolute atomic E-state index is 13.4. The van der Waals surface area contributed by atoms with Crippen molar-refractivity contribution in [2.45, 2.75) is 6.61 Å². The molecule has 0 aliphatic carbocycles. The molecule has 0 heterocycles. The van der Waals surface area contributed by atoms with E-state index in [4.69, 9.17) is 22.2 Å². The van der Waals surface area contributed by atoms with Crippen molar-refractivity contribution in [3.05, 3.63) is 62.8 Å². The number of hydrogen-bond donors (Lipinski definition) is 2. The van der Waals surface area contributed by atoms with Gasteiger partial charge in [-0.15, -0.1) is 0 Å². The molecule has 0 radical (unpaired) electrons. The van der Waals surface area contributed by atoms with Gasteiger partial charge in [0.15, 0.2) is 0 Å². The van der Waals surface area contributed by atoms with Crippen molar-refractivity contribution in [1.82, 2.24) is 5.43 Å². The molecule has 0 saturated heterocycles. The molecule has 0 bridgehead atoms. The zero-order valence-corrected chi connectivity index (χ0v) is 13.0. The summed E-state index contributed by atoms with van der Waals surface area (Å²) in [5.74, 6) is 4.42. The number of hydrogen-bond acceptors (Lipinski definition) is 3. The molecule has 110 valence electrons. The van der Waals surface area contributed by atoms with Gasteiger partial charge < -0.3 is 4.74 Å². The normalized spacial score (nSPS) is 10.3. The number of halogens is 3. The number of nitrogens with one attached hydrogen (secondary N) is 1. The largest absolute Gasteiger partial charge is 0.488 e. The van der Waals surface area contributed by atoms with Crippen LogP contribution < -0.4 is 16.0 Å². The van der Waals surface area contributed by atoms with Crippen LogP contribution in [0.1, 0.15) is 15.9 Å². The first kappa shape index (κ1) is 15.8. The fraction of sp³-hybridized carbons (Fsp3) is 0.0714. The van der Waals surface area contributed by atoms with E-state index in [-0.39, 0.29) is 11.6 Å². The van der Waals surface area contributed by atoms with Crippen LogP contribution in [0.5, 0.6) is 5.75 Å². The standard InChI is InChI=1S/C14H11BrClFN2O2/c15-10-5-11(16)12(17)6-13(10)21-7-8-3-1-2-4-9(8)14(20)19-18/h1-6H,7,18H2,(H,19,20). The lowest BCUT2D eigenvalue weighted by Gasteiger charge is -2.11. The Labute approximate surface area is 134 Å². The van der Waals surface area contributed by atoms with E-state index in [0.29, 0.717) is 21.3 Å². The van der Waals surface area contributed by atoms with Crippen LogP contribution >= 0.6 is 27.5 Å². The van der Waals surface area contributed by atoms with Gasteiger partial charge in [-0.25, -0.2) is 10.2 Å². The Morgan fingerprint density at radius 3 is 2.81 bits per heavy atom. The van der Waals surface area contributed by atoms with Gasteiger partial charge in [0, 0.05) is 17.2 Å². The Morgan fingerprint density at radius 2 is 2.10 bits per heavy atom. The van der Waals surface area contributed by atoms with Gasteiger partial charge in [-0.1, -0.05) is 29.8 Å². The number of rotatable bonds is 4. The molecule has 0 unspecified atom stereocenters. The summed E-state index contributed by atoms with van der Waals surface area (Å²) in [5, 5.41) is -0.00265. The Morgan fingerprint density at radius 1 is 1.38 bits per heavy atom. The zero-order chi connectivity index (χ0) is 15.4. The molecule has 0 spiro atoms. The van der Waals surface area contributed by atoms with Crippen molar-refractivity contribution >= 4 is 33.4 Å². The average molecular weight is 374 g/mol. The summed E-state index contributed by atoms with van der Waals surface area (Å²) in [6.45, 7) is 0.0866. The molecule has 2 aromatic carbocycles. The molecule has 3 N–H and O–H groups in total. The van der Waals surface area contributed by atoms with Crippen LogP contribution in [0.15, 0.2) is 40.9 Å². The van der Waals surface area contributed by atoms with Gasteiger partial charge in [-0.3, -0.25) is 10.2 Å². The third kappa shape index (κ3) is 3.72. The summed E-state index contributed by atoms with van der Waals surface area (Å²) < 4.78 is 19.5. The van der Waals surface area contributed by atoms with Crippen LogP contribution in [0.25, 0.3) is 0 Å². The first-order chi connectivity index (χ1) is 10.0. The highest BCUT2D eigenvalue weighted by Gasteiger charge is 2.12. The summed E-state index contributed by atoms with van der Waals surface area (Å²) in [6, 6.07) is 9.42.